The van der Waals surface area contributed by atoms with E-state index >= 15 is 0 Å². The summed E-state index contributed by atoms with van der Waals surface area (Å²) in [6.45, 7) is 10.4. The number of nitrogens with zero attached hydrogens (tertiary/aromatic N) is 1. The Bertz CT molecular complexity index is 576. The molecule has 0 aliphatic heterocycles. The summed E-state index contributed by atoms with van der Waals surface area (Å²) in [6.07, 6.45) is 0. The lowest BCUT2D eigenvalue weighted by Gasteiger charge is -2.11. The molecule has 0 aliphatic carbocycles. The minimum absolute atomic E-state index is 0.643. The van der Waals surface area contributed by atoms with Crippen LogP contribution in [0.5, 0.6) is 11.6 Å². The van der Waals surface area contributed by atoms with E-state index in [1.54, 1.807) is 0 Å². The summed E-state index contributed by atoms with van der Waals surface area (Å²) in [5.74, 6) is 2.12. The van der Waals surface area contributed by atoms with Crippen molar-refractivity contribution < 1.29 is 4.74 Å². The van der Waals surface area contributed by atoms with Gasteiger partial charge in [-0.1, -0.05) is 37.6 Å². The van der Waals surface area contributed by atoms with Crippen molar-refractivity contribution in [1.82, 2.24) is 10.3 Å². The van der Waals surface area contributed by atoms with Crippen LogP contribution in [0.4, 0.5) is 0 Å². The van der Waals surface area contributed by atoms with Gasteiger partial charge in [0.15, 0.2) is 0 Å². The van der Waals surface area contributed by atoms with Crippen molar-refractivity contribution in [3.05, 3.63) is 53.2 Å². The Kier molecular flexibility index (Phi) is 5.34. The normalized spacial score (nSPS) is 10.9. The van der Waals surface area contributed by atoms with E-state index in [4.69, 9.17) is 4.74 Å². The number of rotatable bonds is 6. The molecule has 1 N–H and O–H groups in total. The molecular formula is C18H24N2O. The van der Waals surface area contributed by atoms with Gasteiger partial charge in [-0.3, -0.25) is 0 Å². The van der Waals surface area contributed by atoms with E-state index in [0.717, 1.165) is 24.5 Å². The van der Waals surface area contributed by atoms with Crippen LogP contribution in [0, 0.1) is 19.8 Å². The largest absolute Gasteiger partial charge is 0.439 e. The average molecular weight is 284 g/mol. The third kappa shape index (κ3) is 4.87. The van der Waals surface area contributed by atoms with Crippen LogP contribution in [0.25, 0.3) is 0 Å². The van der Waals surface area contributed by atoms with Crippen molar-refractivity contribution in [3.8, 4) is 11.6 Å². The van der Waals surface area contributed by atoms with Crippen molar-refractivity contribution in [1.29, 1.82) is 0 Å². The summed E-state index contributed by atoms with van der Waals surface area (Å²) in [5.41, 5.74) is 3.45. The highest BCUT2D eigenvalue weighted by molar-refractivity contribution is 5.32. The van der Waals surface area contributed by atoms with Gasteiger partial charge in [-0.15, -0.1) is 0 Å². The molecule has 0 bridgehead atoms. The van der Waals surface area contributed by atoms with E-state index in [-0.39, 0.29) is 0 Å². The van der Waals surface area contributed by atoms with Crippen molar-refractivity contribution in [2.75, 3.05) is 6.54 Å². The lowest BCUT2D eigenvalue weighted by atomic mass is 10.2. The quantitative estimate of drug-likeness (QED) is 0.861. The lowest BCUT2D eigenvalue weighted by Crippen LogP contribution is -2.19. The molecule has 21 heavy (non-hydrogen) atoms. The summed E-state index contributed by atoms with van der Waals surface area (Å²) in [7, 11) is 0. The van der Waals surface area contributed by atoms with Gasteiger partial charge in [0.2, 0.25) is 5.88 Å². The Hall–Kier alpha value is -1.87. The predicted molar refractivity (Wildman–Crippen MR) is 86.8 cm³/mol. The maximum atomic E-state index is 5.78. The molecule has 0 fully saturated rings. The van der Waals surface area contributed by atoms with Gasteiger partial charge in [0.1, 0.15) is 5.75 Å². The molecule has 2 rings (SSSR count). The molecule has 0 amide bonds. The number of hydrogen-bond donors (Lipinski definition) is 1. The summed E-state index contributed by atoms with van der Waals surface area (Å²) in [6, 6.07) is 12.0. The molecular weight excluding hydrogens is 260 g/mol. The Morgan fingerprint density at radius 1 is 1.05 bits per heavy atom. The minimum Gasteiger partial charge on any atom is -0.439 e. The first-order valence-corrected chi connectivity index (χ1v) is 7.46. The van der Waals surface area contributed by atoms with E-state index in [1.807, 2.05) is 37.3 Å². The van der Waals surface area contributed by atoms with Crippen molar-refractivity contribution in [3.63, 3.8) is 0 Å². The van der Waals surface area contributed by atoms with Gasteiger partial charge in [0.05, 0.1) is 0 Å². The maximum absolute atomic E-state index is 5.78. The van der Waals surface area contributed by atoms with Gasteiger partial charge in [-0.25, -0.2) is 4.98 Å². The second kappa shape index (κ2) is 7.23. The summed E-state index contributed by atoms with van der Waals surface area (Å²) in [5, 5.41) is 3.44. The lowest BCUT2D eigenvalue weighted by molar-refractivity contribution is 0.460. The van der Waals surface area contributed by atoms with Crippen molar-refractivity contribution >= 4 is 0 Å². The molecule has 1 heterocycles. The van der Waals surface area contributed by atoms with Gasteiger partial charge in [0.25, 0.3) is 0 Å². The zero-order valence-corrected chi connectivity index (χ0v) is 13.3. The Morgan fingerprint density at radius 3 is 2.38 bits per heavy atom. The van der Waals surface area contributed by atoms with Gasteiger partial charge in [-0.05, 0) is 44.0 Å². The van der Waals surface area contributed by atoms with Gasteiger partial charge < -0.3 is 10.1 Å². The number of pyridine rings is 1. The monoisotopic (exact) mass is 284 g/mol. The van der Waals surface area contributed by atoms with Crippen LogP contribution in [-0.4, -0.2) is 11.5 Å². The van der Waals surface area contributed by atoms with Crippen molar-refractivity contribution in [2.24, 2.45) is 5.92 Å². The molecule has 0 radical (unpaired) electrons. The highest BCUT2D eigenvalue weighted by Crippen LogP contribution is 2.21. The Morgan fingerprint density at radius 2 is 1.76 bits per heavy atom. The molecule has 112 valence electrons. The molecule has 0 spiro atoms. The first kappa shape index (κ1) is 15.5. The fraction of sp³-hybridized carbons (Fsp3) is 0.389. The first-order chi connectivity index (χ1) is 10.0. The number of benzene rings is 1. The van der Waals surface area contributed by atoms with Crippen LogP contribution < -0.4 is 10.1 Å². The predicted octanol–water partition coefficient (Wildman–Crippen LogP) is 4.24. The highest BCUT2D eigenvalue weighted by Gasteiger charge is 2.04. The van der Waals surface area contributed by atoms with Gasteiger partial charge in [0, 0.05) is 18.3 Å². The molecule has 0 atom stereocenters. The highest BCUT2D eigenvalue weighted by atomic mass is 16.5. The number of aryl methyl sites for hydroxylation is 2. The van der Waals surface area contributed by atoms with Crippen LogP contribution in [0.2, 0.25) is 0 Å². The zero-order chi connectivity index (χ0) is 15.2. The Balaban J connectivity index is 1.99. The summed E-state index contributed by atoms with van der Waals surface area (Å²) < 4.78 is 5.78. The zero-order valence-electron chi connectivity index (χ0n) is 13.3. The van der Waals surface area contributed by atoms with Crippen LogP contribution in [0.3, 0.4) is 0 Å². The maximum Gasteiger partial charge on any atom is 0.219 e. The fourth-order valence-corrected chi connectivity index (χ4v) is 2.03. The van der Waals surface area contributed by atoms with Crippen molar-refractivity contribution in [2.45, 2.75) is 34.2 Å². The third-order valence-electron chi connectivity index (χ3n) is 3.28. The third-order valence-corrected chi connectivity index (χ3v) is 3.28. The van der Waals surface area contributed by atoms with Crippen LogP contribution in [-0.2, 0) is 6.54 Å². The molecule has 2 aromatic rings. The van der Waals surface area contributed by atoms with Crippen LogP contribution in [0.1, 0.15) is 30.7 Å². The van der Waals surface area contributed by atoms with E-state index in [1.165, 1.54) is 11.1 Å². The smallest absolute Gasteiger partial charge is 0.219 e. The molecule has 0 unspecified atom stereocenters. The van der Waals surface area contributed by atoms with Gasteiger partial charge in [-0.2, -0.15) is 0 Å². The molecule has 0 saturated carbocycles. The van der Waals surface area contributed by atoms with E-state index < -0.39 is 0 Å². The number of aromatic nitrogens is 1. The standard InChI is InChI=1S/C18H24N2O/c1-13(2)11-19-12-16-7-10-18(20-15(16)4)21-17-8-5-14(3)6-9-17/h5-10,13,19H,11-12H2,1-4H3. The van der Waals surface area contributed by atoms with Crippen LogP contribution >= 0.6 is 0 Å². The fourth-order valence-electron chi connectivity index (χ4n) is 2.03. The first-order valence-electron chi connectivity index (χ1n) is 7.46. The van der Waals surface area contributed by atoms with Gasteiger partial charge >= 0.3 is 0 Å². The molecule has 0 aliphatic rings. The summed E-state index contributed by atoms with van der Waals surface area (Å²) in [4.78, 5) is 4.53. The molecule has 1 aromatic heterocycles. The molecule has 1 aromatic carbocycles. The molecule has 3 heteroatoms. The Labute approximate surface area is 127 Å². The van der Waals surface area contributed by atoms with E-state index in [2.05, 4.69) is 37.1 Å². The van der Waals surface area contributed by atoms with E-state index in [9.17, 15) is 0 Å². The minimum atomic E-state index is 0.643. The number of ether oxygens (including phenoxy) is 1. The molecule has 0 saturated heterocycles. The second-order valence-corrected chi connectivity index (χ2v) is 5.83. The SMILES string of the molecule is Cc1ccc(Oc2ccc(CNCC(C)C)c(C)n2)cc1. The average Bonchev–Trinajstić information content (AvgIpc) is 2.43. The topological polar surface area (TPSA) is 34.1 Å². The van der Waals surface area contributed by atoms with E-state index in [0.29, 0.717) is 11.8 Å². The number of nitrogens with one attached hydrogen (secondary N) is 1. The summed E-state index contributed by atoms with van der Waals surface area (Å²) >= 11 is 0. The molecule has 3 nitrogen and oxygen atoms in total. The second-order valence-electron chi connectivity index (χ2n) is 5.83. The number of hydrogen-bond acceptors (Lipinski definition) is 3. The van der Waals surface area contributed by atoms with Crippen LogP contribution in [0.15, 0.2) is 36.4 Å².